The van der Waals surface area contributed by atoms with Crippen LogP contribution in [0.5, 0.6) is 0 Å². The summed E-state index contributed by atoms with van der Waals surface area (Å²) in [4.78, 5) is 0. The third-order valence-corrected chi connectivity index (χ3v) is 2.76. The zero-order valence-corrected chi connectivity index (χ0v) is 7.34. The molecule has 0 aromatic carbocycles. The molecule has 0 spiro atoms. The summed E-state index contributed by atoms with van der Waals surface area (Å²) in [5.74, 6) is 0.718. The second-order valence-corrected chi connectivity index (χ2v) is 3.54. The lowest BCUT2D eigenvalue weighted by atomic mass is 9.91. The summed E-state index contributed by atoms with van der Waals surface area (Å²) < 4.78 is 0. The molecule has 0 bridgehead atoms. The van der Waals surface area contributed by atoms with Gasteiger partial charge >= 0.3 is 0 Å². The normalized spacial score (nSPS) is 27.2. The molecule has 1 aliphatic heterocycles. The van der Waals surface area contributed by atoms with E-state index in [2.05, 4.69) is 17.5 Å². The summed E-state index contributed by atoms with van der Waals surface area (Å²) in [7, 11) is 0. The van der Waals surface area contributed by atoms with Crippen LogP contribution in [0.1, 0.15) is 19.3 Å². The molecule has 1 aliphatic carbocycles. The average molecular weight is 164 g/mol. The van der Waals surface area contributed by atoms with Crippen molar-refractivity contribution in [3.8, 4) is 0 Å². The van der Waals surface area contributed by atoms with Crippen LogP contribution in [0.25, 0.3) is 0 Å². The van der Waals surface area contributed by atoms with E-state index in [1.165, 1.54) is 18.5 Å². The van der Waals surface area contributed by atoms with Gasteiger partial charge in [-0.1, -0.05) is 6.08 Å². The first kappa shape index (κ1) is 7.87. The highest BCUT2D eigenvalue weighted by Gasteiger charge is 2.23. The smallest absolute Gasteiger partial charge is 0.0332 e. The molecule has 0 aromatic rings. The number of hydrogen-bond donors (Lipinski definition) is 2. The number of rotatable bonds is 2. The Morgan fingerprint density at radius 3 is 3.33 bits per heavy atom. The SMILES string of the molecule is NCCC1CNC2=C1CCC=C2. The summed E-state index contributed by atoms with van der Waals surface area (Å²) >= 11 is 0. The van der Waals surface area contributed by atoms with Gasteiger partial charge in [-0.25, -0.2) is 0 Å². The molecule has 12 heavy (non-hydrogen) atoms. The van der Waals surface area contributed by atoms with Crippen LogP contribution in [0, 0.1) is 5.92 Å². The van der Waals surface area contributed by atoms with E-state index in [1.807, 2.05) is 0 Å². The minimum absolute atomic E-state index is 0.718. The maximum atomic E-state index is 5.56. The van der Waals surface area contributed by atoms with E-state index >= 15 is 0 Å². The molecule has 1 heterocycles. The monoisotopic (exact) mass is 164 g/mol. The van der Waals surface area contributed by atoms with Crippen molar-refractivity contribution in [2.75, 3.05) is 13.1 Å². The molecule has 0 amide bonds. The third kappa shape index (κ3) is 1.27. The van der Waals surface area contributed by atoms with Gasteiger partial charge in [-0.3, -0.25) is 0 Å². The Balaban J connectivity index is 2.11. The van der Waals surface area contributed by atoms with E-state index in [0.29, 0.717) is 0 Å². The van der Waals surface area contributed by atoms with Crippen LogP contribution >= 0.6 is 0 Å². The minimum atomic E-state index is 0.718. The molecule has 2 nitrogen and oxygen atoms in total. The van der Waals surface area contributed by atoms with Gasteiger partial charge < -0.3 is 11.1 Å². The van der Waals surface area contributed by atoms with Gasteiger partial charge in [-0.05, 0) is 37.5 Å². The van der Waals surface area contributed by atoms with Gasteiger partial charge in [0.15, 0.2) is 0 Å². The topological polar surface area (TPSA) is 38.0 Å². The van der Waals surface area contributed by atoms with Crippen LogP contribution in [0.2, 0.25) is 0 Å². The Morgan fingerprint density at radius 1 is 1.58 bits per heavy atom. The summed E-state index contributed by atoms with van der Waals surface area (Å²) in [6.45, 7) is 1.92. The van der Waals surface area contributed by atoms with Gasteiger partial charge in [-0.2, -0.15) is 0 Å². The Labute approximate surface area is 73.5 Å². The van der Waals surface area contributed by atoms with E-state index in [-0.39, 0.29) is 0 Å². The van der Waals surface area contributed by atoms with Crippen LogP contribution in [0.3, 0.4) is 0 Å². The molecule has 2 rings (SSSR count). The van der Waals surface area contributed by atoms with Crippen LogP contribution in [0.4, 0.5) is 0 Å². The van der Waals surface area contributed by atoms with Gasteiger partial charge in [0.05, 0.1) is 0 Å². The fourth-order valence-corrected chi connectivity index (χ4v) is 2.11. The predicted octanol–water partition coefficient (Wildman–Crippen LogP) is 1.16. The van der Waals surface area contributed by atoms with Crippen molar-refractivity contribution in [2.24, 2.45) is 11.7 Å². The summed E-state index contributed by atoms with van der Waals surface area (Å²) in [5, 5.41) is 3.43. The van der Waals surface area contributed by atoms with Crippen molar-refractivity contribution < 1.29 is 0 Å². The quantitative estimate of drug-likeness (QED) is 0.642. The first-order valence-corrected chi connectivity index (χ1v) is 4.75. The van der Waals surface area contributed by atoms with Crippen LogP contribution in [0.15, 0.2) is 23.4 Å². The van der Waals surface area contributed by atoms with Gasteiger partial charge in [0, 0.05) is 18.2 Å². The molecule has 0 radical (unpaired) electrons. The largest absolute Gasteiger partial charge is 0.384 e. The second kappa shape index (κ2) is 3.31. The number of hydrogen-bond acceptors (Lipinski definition) is 2. The number of nitrogens with one attached hydrogen (secondary N) is 1. The van der Waals surface area contributed by atoms with Crippen LogP contribution < -0.4 is 11.1 Å². The van der Waals surface area contributed by atoms with Crippen molar-refractivity contribution in [2.45, 2.75) is 19.3 Å². The van der Waals surface area contributed by atoms with Crippen molar-refractivity contribution >= 4 is 0 Å². The van der Waals surface area contributed by atoms with Crippen LogP contribution in [-0.2, 0) is 0 Å². The Bertz CT molecular complexity index is 228. The predicted molar refractivity (Wildman–Crippen MR) is 50.6 cm³/mol. The molecule has 0 aromatic heterocycles. The average Bonchev–Trinajstić information content (AvgIpc) is 2.50. The highest BCUT2D eigenvalue weighted by Crippen LogP contribution is 2.30. The maximum absolute atomic E-state index is 5.56. The molecule has 0 saturated heterocycles. The van der Waals surface area contributed by atoms with Crippen molar-refractivity contribution in [1.82, 2.24) is 5.32 Å². The molecular weight excluding hydrogens is 148 g/mol. The third-order valence-electron chi connectivity index (χ3n) is 2.76. The fourth-order valence-electron chi connectivity index (χ4n) is 2.11. The Morgan fingerprint density at radius 2 is 2.50 bits per heavy atom. The number of nitrogens with two attached hydrogens (primary N) is 1. The molecular formula is C10H16N2. The number of allylic oxidation sites excluding steroid dienone is 2. The van der Waals surface area contributed by atoms with E-state index < -0.39 is 0 Å². The summed E-state index contributed by atoms with van der Waals surface area (Å²) in [6.07, 6.45) is 8.05. The van der Waals surface area contributed by atoms with E-state index in [9.17, 15) is 0 Å². The van der Waals surface area contributed by atoms with Crippen molar-refractivity contribution in [3.05, 3.63) is 23.4 Å². The molecule has 66 valence electrons. The lowest BCUT2D eigenvalue weighted by Crippen LogP contribution is -2.15. The summed E-state index contributed by atoms with van der Waals surface area (Å²) in [5.41, 5.74) is 8.55. The van der Waals surface area contributed by atoms with Gasteiger partial charge in [-0.15, -0.1) is 0 Å². The van der Waals surface area contributed by atoms with Crippen molar-refractivity contribution in [1.29, 1.82) is 0 Å². The van der Waals surface area contributed by atoms with Crippen LogP contribution in [-0.4, -0.2) is 13.1 Å². The van der Waals surface area contributed by atoms with Gasteiger partial charge in [0.2, 0.25) is 0 Å². The molecule has 2 heteroatoms. The first-order chi connectivity index (χ1) is 5.92. The molecule has 2 aliphatic rings. The zero-order chi connectivity index (χ0) is 8.39. The molecule has 1 unspecified atom stereocenters. The Kier molecular flexibility index (Phi) is 2.17. The molecule has 0 saturated carbocycles. The highest BCUT2D eigenvalue weighted by molar-refractivity contribution is 5.33. The standard InChI is InChI=1S/C10H16N2/c11-6-5-8-7-12-10-4-2-1-3-9(8)10/h2,4,8,12H,1,3,5-7,11H2. The molecule has 1 atom stereocenters. The van der Waals surface area contributed by atoms with Gasteiger partial charge in [0.25, 0.3) is 0 Å². The molecule has 0 fully saturated rings. The molecule has 3 N–H and O–H groups in total. The Hall–Kier alpha value is -0.760. The van der Waals surface area contributed by atoms with E-state index in [4.69, 9.17) is 5.73 Å². The van der Waals surface area contributed by atoms with Gasteiger partial charge in [0.1, 0.15) is 0 Å². The summed E-state index contributed by atoms with van der Waals surface area (Å²) in [6, 6.07) is 0. The van der Waals surface area contributed by atoms with E-state index in [0.717, 1.165) is 25.4 Å². The lowest BCUT2D eigenvalue weighted by molar-refractivity contribution is 0.569. The minimum Gasteiger partial charge on any atom is -0.384 e. The zero-order valence-electron chi connectivity index (χ0n) is 7.34. The first-order valence-electron chi connectivity index (χ1n) is 4.75. The highest BCUT2D eigenvalue weighted by atomic mass is 14.9. The fraction of sp³-hybridized carbons (Fsp3) is 0.600. The van der Waals surface area contributed by atoms with Crippen molar-refractivity contribution in [3.63, 3.8) is 0 Å². The van der Waals surface area contributed by atoms with E-state index in [1.54, 1.807) is 5.57 Å². The maximum Gasteiger partial charge on any atom is 0.0332 e. The lowest BCUT2D eigenvalue weighted by Gasteiger charge is -2.13. The second-order valence-electron chi connectivity index (χ2n) is 3.54.